The number of benzene rings is 1. The van der Waals surface area contributed by atoms with E-state index in [1.54, 1.807) is 49.5 Å². The number of rotatable bonds is 3. The quantitative estimate of drug-likeness (QED) is 0.506. The molecule has 3 heterocycles. The third-order valence-electron chi connectivity index (χ3n) is 4.21. The number of nitrogens with zero attached hydrogens (tertiary/aromatic N) is 4. The molecule has 7 heteroatoms. The Morgan fingerprint density at radius 1 is 1.19 bits per heavy atom. The van der Waals surface area contributed by atoms with Crippen molar-refractivity contribution in [3.05, 3.63) is 76.7 Å². The lowest BCUT2D eigenvalue weighted by Gasteiger charge is -2.06. The summed E-state index contributed by atoms with van der Waals surface area (Å²) < 4.78 is 1.17. The average molecular weight is 377 g/mol. The Hall–Kier alpha value is -3.38. The number of aromatic nitrogens is 4. The predicted octanol–water partition coefficient (Wildman–Crippen LogP) is 3.96. The van der Waals surface area contributed by atoms with Crippen LogP contribution in [-0.2, 0) is 0 Å². The molecule has 0 spiro atoms. The van der Waals surface area contributed by atoms with Crippen LogP contribution in [0.15, 0.2) is 54.9 Å². The number of carbonyl (C=O) groups is 2. The van der Waals surface area contributed by atoms with Gasteiger partial charge in [-0.15, -0.1) is 0 Å². The summed E-state index contributed by atoms with van der Waals surface area (Å²) in [5.41, 5.74) is 2.95. The molecule has 0 N–H and O–H groups in total. The van der Waals surface area contributed by atoms with Crippen molar-refractivity contribution in [2.24, 2.45) is 0 Å². The number of aryl methyl sites for hydroxylation is 1. The monoisotopic (exact) mass is 376 g/mol. The minimum absolute atomic E-state index is 0.318. The van der Waals surface area contributed by atoms with Gasteiger partial charge in [-0.05, 0) is 37.3 Å². The maximum Gasteiger partial charge on any atom is 0.280 e. The molecule has 6 nitrogen and oxygen atoms in total. The number of carbonyl (C=O) groups excluding carboxylic acids is 2. The van der Waals surface area contributed by atoms with Gasteiger partial charge in [-0.25, -0.2) is 14.6 Å². The summed E-state index contributed by atoms with van der Waals surface area (Å²) in [5, 5.41) is 5.66. The van der Waals surface area contributed by atoms with Crippen LogP contribution in [0.4, 0.5) is 0 Å². The maximum absolute atomic E-state index is 13.0. The molecule has 0 aliphatic heterocycles. The molecule has 1 aromatic carbocycles. The third-order valence-corrected chi connectivity index (χ3v) is 4.46. The van der Waals surface area contributed by atoms with Gasteiger partial charge in [0.15, 0.2) is 11.9 Å². The Morgan fingerprint density at radius 2 is 1.96 bits per heavy atom. The van der Waals surface area contributed by atoms with Gasteiger partial charge in [0.05, 0.1) is 16.8 Å². The molecule has 0 radical (unpaired) electrons. The van der Waals surface area contributed by atoms with E-state index in [4.69, 9.17) is 11.6 Å². The lowest BCUT2D eigenvalue weighted by atomic mass is 10.1. The van der Waals surface area contributed by atoms with E-state index in [-0.39, 0.29) is 5.91 Å². The molecular weight excluding hydrogens is 364 g/mol. The highest BCUT2D eigenvalue weighted by Gasteiger charge is 2.19. The fourth-order valence-corrected chi connectivity index (χ4v) is 2.97. The standard InChI is InChI=1S/C20H13ClN4O2/c1-12-17(9-14-3-2-8-22-19(14)23-12)20(27)25-10-15(11-26)18(24-25)13-4-6-16(21)7-5-13/h2-11H,1H3. The minimum Gasteiger partial charge on any atom is -0.298 e. The van der Waals surface area contributed by atoms with Crippen LogP contribution in [0.2, 0.25) is 5.02 Å². The van der Waals surface area contributed by atoms with E-state index in [2.05, 4.69) is 15.1 Å². The lowest BCUT2D eigenvalue weighted by Crippen LogP contribution is -2.15. The van der Waals surface area contributed by atoms with Crippen molar-refractivity contribution < 1.29 is 9.59 Å². The number of halogens is 1. The summed E-state index contributed by atoms with van der Waals surface area (Å²) >= 11 is 5.91. The average Bonchev–Trinajstić information content (AvgIpc) is 3.12. The first-order valence-electron chi connectivity index (χ1n) is 8.14. The summed E-state index contributed by atoms with van der Waals surface area (Å²) in [6.45, 7) is 1.74. The molecule has 132 valence electrons. The van der Waals surface area contributed by atoms with Crippen molar-refractivity contribution >= 4 is 34.8 Å². The Morgan fingerprint density at radius 3 is 2.70 bits per heavy atom. The smallest absolute Gasteiger partial charge is 0.280 e. The third kappa shape index (κ3) is 3.11. The van der Waals surface area contributed by atoms with Crippen LogP contribution in [0.25, 0.3) is 22.3 Å². The summed E-state index contributed by atoms with van der Waals surface area (Å²) in [6.07, 6.45) is 3.75. The van der Waals surface area contributed by atoms with Crippen LogP contribution >= 0.6 is 11.6 Å². The normalized spacial score (nSPS) is 10.9. The van der Waals surface area contributed by atoms with Gasteiger partial charge in [0.25, 0.3) is 5.91 Å². The summed E-state index contributed by atoms with van der Waals surface area (Å²) in [4.78, 5) is 33.0. The van der Waals surface area contributed by atoms with Crippen molar-refractivity contribution in [2.45, 2.75) is 6.92 Å². The van der Waals surface area contributed by atoms with Crippen LogP contribution in [0, 0.1) is 6.92 Å². The second-order valence-corrected chi connectivity index (χ2v) is 6.42. The number of hydrogen-bond acceptors (Lipinski definition) is 5. The van der Waals surface area contributed by atoms with Gasteiger partial charge in [0.2, 0.25) is 0 Å². The first-order valence-corrected chi connectivity index (χ1v) is 8.52. The van der Waals surface area contributed by atoms with Gasteiger partial charge in [0.1, 0.15) is 5.69 Å². The molecule has 0 saturated heterocycles. The van der Waals surface area contributed by atoms with Crippen molar-refractivity contribution in [3.63, 3.8) is 0 Å². The van der Waals surface area contributed by atoms with Crippen LogP contribution in [0.1, 0.15) is 26.4 Å². The highest BCUT2D eigenvalue weighted by molar-refractivity contribution is 6.30. The van der Waals surface area contributed by atoms with Crippen molar-refractivity contribution in [1.82, 2.24) is 19.7 Å². The van der Waals surface area contributed by atoms with E-state index in [9.17, 15) is 9.59 Å². The van der Waals surface area contributed by atoms with Crippen LogP contribution in [0.3, 0.4) is 0 Å². The van der Waals surface area contributed by atoms with Crippen LogP contribution in [-0.4, -0.2) is 31.9 Å². The Balaban J connectivity index is 1.80. The zero-order valence-electron chi connectivity index (χ0n) is 14.3. The molecule has 0 saturated carbocycles. The van der Waals surface area contributed by atoms with Crippen LogP contribution in [0.5, 0.6) is 0 Å². The Labute approximate surface area is 159 Å². The first kappa shape index (κ1) is 17.1. The Bertz CT molecular complexity index is 1180. The summed E-state index contributed by atoms with van der Waals surface area (Å²) in [7, 11) is 0. The molecule has 0 fully saturated rings. The molecule has 27 heavy (non-hydrogen) atoms. The van der Waals surface area contributed by atoms with Crippen LogP contribution < -0.4 is 0 Å². The fraction of sp³-hybridized carbons (Fsp3) is 0.0500. The lowest BCUT2D eigenvalue weighted by molar-refractivity contribution is 0.0944. The van der Waals surface area contributed by atoms with E-state index < -0.39 is 0 Å². The van der Waals surface area contributed by atoms with Gasteiger partial charge in [-0.3, -0.25) is 9.59 Å². The SMILES string of the molecule is Cc1nc2ncccc2cc1C(=O)n1cc(C=O)c(-c2ccc(Cl)cc2)n1. The highest BCUT2D eigenvalue weighted by atomic mass is 35.5. The zero-order valence-corrected chi connectivity index (χ0v) is 15.0. The molecule has 4 aromatic rings. The molecule has 0 aliphatic rings. The second-order valence-electron chi connectivity index (χ2n) is 5.98. The molecule has 0 unspecified atom stereocenters. The zero-order chi connectivity index (χ0) is 19.0. The highest BCUT2D eigenvalue weighted by Crippen LogP contribution is 2.24. The number of fused-ring (bicyclic) bond motifs is 1. The minimum atomic E-state index is -0.367. The van der Waals surface area contributed by atoms with Gasteiger partial charge in [-0.2, -0.15) is 5.10 Å². The largest absolute Gasteiger partial charge is 0.298 e. The van der Waals surface area contributed by atoms with E-state index >= 15 is 0 Å². The summed E-state index contributed by atoms with van der Waals surface area (Å²) in [5.74, 6) is -0.367. The molecule has 3 aromatic heterocycles. The van der Waals surface area contributed by atoms with Gasteiger partial charge >= 0.3 is 0 Å². The topological polar surface area (TPSA) is 77.7 Å². The molecule has 0 bridgehead atoms. The van der Waals surface area contributed by atoms with Gasteiger partial charge in [-0.1, -0.05) is 23.7 Å². The first-order chi connectivity index (χ1) is 13.1. The molecule has 4 rings (SSSR count). The van der Waals surface area contributed by atoms with Gasteiger partial charge in [0, 0.05) is 28.4 Å². The predicted molar refractivity (Wildman–Crippen MR) is 102 cm³/mol. The maximum atomic E-state index is 13.0. The molecule has 0 atom stereocenters. The molecular formula is C20H13ClN4O2. The molecule has 0 aliphatic carbocycles. The number of aldehydes is 1. The number of pyridine rings is 2. The Kier molecular flexibility index (Phi) is 4.25. The van der Waals surface area contributed by atoms with E-state index in [0.717, 1.165) is 5.39 Å². The van der Waals surface area contributed by atoms with Gasteiger partial charge < -0.3 is 0 Å². The van der Waals surface area contributed by atoms with Crippen molar-refractivity contribution in [2.75, 3.05) is 0 Å². The fourth-order valence-electron chi connectivity index (χ4n) is 2.84. The van der Waals surface area contributed by atoms with E-state index in [1.165, 1.54) is 10.9 Å². The molecule has 0 amide bonds. The van der Waals surface area contributed by atoms with E-state index in [1.807, 2.05) is 6.07 Å². The van der Waals surface area contributed by atoms with Crippen molar-refractivity contribution in [3.8, 4) is 11.3 Å². The van der Waals surface area contributed by atoms with Crippen molar-refractivity contribution in [1.29, 1.82) is 0 Å². The second kappa shape index (κ2) is 6.74. The number of hydrogen-bond donors (Lipinski definition) is 0. The summed E-state index contributed by atoms with van der Waals surface area (Å²) in [6, 6.07) is 12.3. The van der Waals surface area contributed by atoms with E-state index in [0.29, 0.717) is 45.0 Å².